The van der Waals surface area contributed by atoms with Crippen molar-refractivity contribution in [3.63, 3.8) is 0 Å². The van der Waals surface area contributed by atoms with E-state index in [2.05, 4.69) is 0 Å². The Balaban J connectivity index is 1.58. The van der Waals surface area contributed by atoms with Crippen LogP contribution >= 0.6 is 0 Å². The van der Waals surface area contributed by atoms with Gasteiger partial charge in [0.25, 0.3) is 0 Å². The molecule has 4 rings (SSSR count). The van der Waals surface area contributed by atoms with E-state index in [9.17, 15) is 20.1 Å². The molecule has 2 aliphatic rings. The highest BCUT2D eigenvalue weighted by Gasteiger charge is 2.46. The molecule has 1 aromatic heterocycles. The predicted molar refractivity (Wildman–Crippen MR) is 130 cm³/mol. The zero-order valence-electron chi connectivity index (χ0n) is 21.4. The first-order chi connectivity index (χ1) is 17.8. The van der Waals surface area contributed by atoms with Gasteiger partial charge in [-0.1, -0.05) is 29.8 Å². The van der Waals surface area contributed by atoms with Gasteiger partial charge in [-0.25, -0.2) is 4.79 Å². The lowest BCUT2D eigenvalue weighted by Crippen LogP contribution is -2.60. The van der Waals surface area contributed by atoms with Gasteiger partial charge >= 0.3 is 6.16 Å². The maximum atomic E-state index is 11.6. The molecule has 2 fully saturated rings. The van der Waals surface area contributed by atoms with E-state index in [0.717, 1.165) is 35.2 Å². The average molecular weight is 521 g/mol. The fraction of sp³-hybridized carbons (Fsp3) is 0.615. The van der Waals surface area contributed by atoms with Crippen molar-refractivity contribution in [1.82, 2.24) is 9.78 Å². The van der Waals surface area contributed by atoms with Crippen LogP contribution in [0.5, 0.6) is 5.88 Å². The van der Waals surface area contributed by atoms with Crippen LogP contribution in [0, 0.1) is 13.8 Å². The molecule has 0 bridgehead atoms. The van der Waals surface area contributed by atoms with Crippen molar-refractivity contribution >= 4 is 6.16 Å². The summed E-state index contributed by atoms with van der Waals surface area (Å²) < 4.78 is 29.0. The molecule has 11 nitrogen and oxygen atoms in total. The monoisotopic (exact) mass is 520 g/mol. The lowest BCUT2D eigenvalue weighted by Gasteiger charge is -2.39. The molecule has 204 valence electrons. The molecule has 0 aliphatic carbocycles. The molecule has 0 radical (unpaired) electrons. The third-order valence-corrected chi connectivity index (χ3v) is 6.80. The quantitative estimate of drug-likeness (QED) is 0.441. The highest BCUT2D eigenvalue weighted by molar-refractivity contribution is 5.59. The zero-order valence-corrected chi connectivity index (χ0v) is 21.4. The van der Waals surface area contributed by atoms with Crippen LogP contribution in [-0.2, 0) is 25.4 Å². The fourth-order valence-corrected chi connectivity index (χ4v) is 4.59. The van der Waals surface area contributed by atoms with E-state index >= 15 is 0 Å². The maximum Gasteiger partial charge on any atom is 0.508 e. The second-order valence-electron chi connectivity index (χ2n) is 9.45. The minimum Gasteiger partial charge on any atom is -0.443 e. The minimum absolute atomic E-state index is 0.124. The fourth-order valence-electron chi connectivity index (χ4n) is 4.59. The van der Waals surface area contributed by atoms with Crippen molar-refractivity contribution in [3.8, 4) is 5.88 Å². The van der Waals surface area contributed by atoms with Crippen LogP contribution < -0.4 is 4.74 Å². The summed E-state index contributed by atoms with van der Waals surface area (Å²) in [6.45, 7) is 6.65. The van der Waals surface area contributed by atoms with Crippen LogP contribution in [0.2, 0.25) is 0 Å². The topological polar surface area (TPSA) is 142 Å². The van der Waals surface area contributed by atoms with E-state index in [-0.39, 0.29) is 18.5 Å². The number of hydrogen-bond acceptors (Lipinski definition) is 10. The first-order valence-electron chi connectivity index (χ1n) is 12.7. The standard InChI is InChI=1S/C26H36N2O9/c1-4-34-26(32)35-14-20-21(29)22(30)23(31)25(36-20)37-24-19(13-17-7-5-15(2)6-8-17)16(3)28(27-24)18-9-11-33-12-10-18/h5-8,18,20-23,25,29-31H,4,9-14H2,1-3H3/t20-,21-,22+,23-,25+/m1/s1. The molecule has 1 aromatic carbocycles. The highest BCUT2D eigenvalue weighted by Crippen LogP contribution is 2.33. The number of benzene rings is 1. The minimum atomic E-state index is -1.59. The van der Waals surface area contributed by atoms with Crippen molar-refractivity contribution in [2.75, 3.05) is 26.4 Å². The van der Waals surface area contributed by atoms with Gasteiger partial charge in [0, 0.05) is 30.9 Å². The van der Waals surface area contributed by atoms with Crippen LogP contribution in [0.25, 0.3) is 0 Å². The Bertz CT molecular complexity index is 1040. The molecule has 2 aromatic rings. The summed E-state index contributed by atoms with van der Waals surface area (Å²) in [6.07, 6.45) is -5.92. The Hall–Kier alpha value is -2.70. The number of carbonyl (C=O) groups is 1. The third kappa shape index (κ3) is 6.42. The summed E-state index contributed by atoms with van der Waals surface area (Å²) in [6, 6.07) is 8.29. The number of aryl methyl sites for hydroxylation is 1. The van der Waals surface area contributed by atoms with E-state index in [1.807, 2.05) is 42.8 Å². The van der Waals surface area contributed by atoms with E-state index in [0.29, 0.717) is 19.6 Å². The largest absolute Gasteiger partial charge is 0.508 e. The van der Waals surface area contributed by atoms with Crippen molar-refractivity contribution in [3.05, 3.63) is 46.6 Å². The normalized spacial score (nSPS) is 26.6. The Morgan fingerprint density at radius 3 is 2.43 bits per heavy atom. The number of aliphatic hydroxyl groups excluding tert-OH is 3. The summed E-state index contributed by atoms with van der Waals surface area (Å²) in [7, 11) is 0. The third-order valence-electron chi connectivity index (χ3n) is 6.80. The molecular weight excluding hydrogens is 484 g/mol. The zero-order chi connectivity index (χ0) is 26.5. The number of nitrogens with zero attached hydrogens (tertiary/aromatic N) is 2. The van der Waals surface area contributed by atoms with Crippen LogP contribution in [0.4, 0.5) is 4.79 Å². The Morgan fingerprint density at radius 2 is 1.76 bits per heavy atom. The van der Waals surface area contributed by atoms with Gasteiger partial charge in [0.2, 0.25) is 12.2 Å². The number of ether oxygens (including phenoxy) is 5. The summed E-state index contributed by atoms with van der Waals surface area (Å²) in [5, 5.41) is 36.2. The van der Waals surface area contributed by atoms with Crippen LogP contribution in [-0.4, -0.2) is 88.4 Å². The lowest BCUT2D eigenvalue weighted by molar-refractivity contribution is -0.278. The molecule has 0 unspecified atom stereocenters. The molecule has 2 saturated heterocycles. The van der Waals surface area contributed by atoms with E-state index in [1.165, 1.54) is 0 Å². The van der Waals surface area contributed by atoms with Gasteiger partial charge in [-0.15, -0.1) is 5.10 Å². The summed E-state index contributed by atoms with van der Waals surface area (Å²) in [5.41, 5.74) is 3.96. The van der Waals surface area contributed by atoms with Crippen LogP contribution in [0.1, 0.15) is 48.2 Å². The molecule has 3 heterocycles. The Labute approximate surface area is 215 Å². The number of aromatic nitrogens is 2. The molecule has 2 aliphatic heterocycles. The van der Waals surface area contributed by atoms with Gasteiger partial charge in [-0.2, -0.15) is 0 Å². The van der Waals surface area contributed by atoms with Gasteiger partial charge in [0.1, 0.15) is 31.0 Å². The second kappa shape index (κ2) is 12.2. The van der Waals surface area contributed by atoms with Gasteiger partial charge < -0.3 is 39.0 Å². The molecule has 0 spiro atoms. The van der Waals surface area contributed by atoms with Crippen molar-refractivity contribution in [2.45, 2.75) is 76.8 Å². The highest BCUT2D eigenvalue weighted by atomic mass is 16.7. The smallest absolute Gasteiger partial charge is 0.443 e. The Morgan fingerprint density at radius 1 is 1.05 bits per heavy atom. The maximum absolute atomic E-state index is 11.6. The number of carbonyl (C=O) groups excluding carboxylic acids is 1. The molecule has 37 heavy (non-hydrogen) atoms. The van der Waals surface area contributed by atoms with Gasteiger partial charge in [-0.05, 0) is 39.2 Å². The SMILES string of the molecule is CCOC(=O)OC[C@H]1O[C@@H](Oc2nn(C3CCOCC3)c(C)c2Cc2ccc(C)cc2)[C@H](O)[C@@H](O)[C@@H]1O. The van der Waals surface area contributed by atoms with Crippen LogP contribution in [0.15, 0.2) is 24.3 Å². The summed E-state index contributed by atoms with van der Waals surface area (Å²) in [5.74, 6) is 0.266. The van der Waals surface area contributed by atoms with E-state index in [4.69, 9.17) is 28.8 Å². The first-order valence-corrected chi connectivity index (χ1v) is 12.7. The summed E-state index contributed by atoms with van der Waals surface area (Å²) in [4.78, 5) is 11.6. The summed E-state index contributed by atoms with van der Waals surface area (Å²) >= 11 is 0. The molecule has 0 amide bonds. The molecule has 5 atom stereocenters. The van der Waals surface area contributed by atoms with Crippen molar-refractivity contribution in [1.29, 1.82) is 0 Å². The lowest BCUT2D eigenvalue weighted by atomic mass is 9.99. The molecular formula is C26H36N2O9. The number of hydrogen-bond donors (Lipinski definition) is 3. The van der Waals surface area contributed by atoms with E-state index in [1.54, 1.807) is 6.92 Å². The van der Waals surface area contributed by atoms with Gasteiger partial charge in [0.05, 0.1) is 12.6 Å². The van der Waals surface area contributed by atoms with Crippen molar-refractivity contribution in [2.24, 2.45) is 0 Å². The Kier molecular flexibility index (Phi) is 9.04. The average Bonchev–Trinajstić information content (AvgIpc) is 3.20. The molecule has 11 heteroatoms. The molecule has 0 saturated carbocycles. The number of aliphatic hydroxyl groups is 3. The molecule has 3 N–H and O–H groups in total. The first kappa shape index (κ1) is 27.3. The second-order valence-corrected chi connectivity index (χ2v) is 9.45. The van der Waals surface area contributed by atoms with Gasteiger partial charge in [0.15, 0.2) is 0 Å². The van der Waals surface area contributed by atoms with Crippen LogP contribution in [0.3, 0.4) is 0 Å². The van der Waals surface area contributed by atoms with Gasteiger partial charge in [-0.3, -0.25) is 4.68 Å². The number of rotatable bonds is 8. The van der Waals surface area contributed by atoms with Crippen molar-refractivity contribution < 1.29 is 43.8 Å². The predicted octanol–water partition coefficient (Wildman–Crippen LogP) is 1.80. The van der Waals surface area contributed by atoms with E-state index < -0.39 is 43.5 Å².